The first-order valence-corrected chi connectivity index (χ1v) is 14.5. The summed E-state index contributed by atoms with van der Waals surface area (Å²) >= 11 is 1.51. The predicted molar refractivity (Wildman–Crippen MR) is 163 cm³/mol. The molecule has 0 saturated carbocycles. The Morgan fingerprint density at radius 3 is 2.46 bits per heavy atom. The Bertz CT molecular complexity index is 1570. The number of aryl methyl sites for hydroxylation is 1. The first-order valence-electron chi connectivity index (χ1n) is 13.5. The number of anilines is 1. The molecule has 5 rings (SSSR count). The van der Waals surface area contributed by atoms with E-state index in [9.17, 15) is 9.59 Å². The molecule has 1 unspecified atom stereocenters. The van der Waals surface area contributed by atoms with Gasteiger partial charge in [0, 0.05) is 17.2 Å². The molecule has 8 nitrogen and oxygen atoms in total. The molecule has 41 heavy (non-hydrogen) atoms. The topological polar surface area (TPSA) is 85.7 Å². The maximum atomic E-state index is 13.8. The summed E-state index contributed by atoms with van der Waals surface area (Å²) in [5, 5.41) is 7.80. The van der Waals surface area contributed by atoms with E-state index < -0.39 is 0 Å². The van der Waals surface area contributed by atoms with E-state index in [-0.39, 0.29) is 35.4 Å². The van der Waals surface area contributed by atoms with Gasteiger partial charge in [-0.1, -0.05) is 48.5 Å². The molecule has 0 radical (unpaired) electrons. The maximum Gasteiger partial charge on any atom is 0.240 e. The van der Waals surface area contributed by atoms with E-state index in [1.807, 2.05) is 98.2 Å². The van der Waals surface area contributed by atoms with Gasteiger partial charge in [0.15, 0.2) is 11.5 Å². The van der Waals surface area contributed by atoms with Crippen LogP contribution >= 0.6 is 11.8 Å². The van der Waals surface area contributed by atoms with Crippen LogP contribution in [0, 0.1) is 6.92 Å². The van der Waals surface area contributed by atoms with E-state index >= 15 is 0 Å². The summed E-state index contributed by atoms with van der Waals surface area (Å²) in [5.41, 5.74) is 5.33. The zero-order chi connectivity index (χ0) is 29.1. The van der Waals surface area contributed by atoms with Crippen LogP contribution in [-0.2, 0) is 9.59 Å². The normalized spacial score (nSPS) is 14.9. The van der Waals surface area contributed by atoms with Crippen molar-refractivity contribution in [2.75, 3.05) is 31.4 Å². The molecule has 0 fully saturated rings. The van der Waals surface area contributed by atoms with Crippen molar-refractivity contribution >= 4 is 29.4 Å². The number of amides is 2. The molecule has 212 valence electrons. The van der Waals surface area contributed by atoms with Gasteiger partial charge in [-0.05, 0) is 56.2 Å². The number of nitrogens with one attached hydrogen (secondary N) is 1. The van der Waals surface area contributed by atoms with Crippen molar-refractivity contribution < 1.29 is 19.1 Å². The van der Waals surface area contributed by atoms with Crippen LogP contribution in [0.1, 0.15) is 35.8 Å². The Labute approximate surface area is 244 Å². The van der Waals surface area contributed by atoms with Crippen LogP contribution in [0.5, 0.6) is 11.5 Å². The lowest BCUT2D eigenvalue weighted by Crippen LogP contribution is -2.44. The highest BCUT2D eigenvalue weighted by Crippen LogP contribution is 2.49. The number of rotatable bonds is 8. The minimum absolute atomic E-state index is 0.0560. The number of nitrogens with zero attached hydrogens (tertiary/aromatic N) is 3. The van der Waals surface area contributed by atoms with Gasteiger partial charge >= 0.3 is 0 Å². The summed E-state index contributed by atoms with van der Waals surface area (Å²) in [5.74, 6) is 1.60. The minimum Gasteiger partial charge on any atom is -0.493 e. The summed E-state index contributed by atoms with van der Waals surface area (Å²) in [6.45, 7) is 5.71. The molecule has 1 aromatic heterocycles. The summed E-state index contributed by atoms with van der Waals surface area (Å²) in [6, 6.07) is 23.7. The smallest absolute Gasteiger partial charge is 0.240 e. The Hall–Kier alpha value is -4.24. The molecule has 2 heterocycles. The van der Waals surface area contributed by atoms with Gasteiger partial charge in [0.25, 0.3) is 0 Å². The molecule has 1 atom stereocenters. The van der Waals surface area contributed by atoms with Gasteiger partial charge in [-0.15, -0.1) is 11.8 Å². The molecule has 4 aromatic rings. The SMILES string of the molecule is COc1ccc(C2SCC(=O)N(CC(=O)NC(C)C)c3c2c(-c2ccccc2)nn3-c2cccc(C)c2)cc1OC. The average Bonchev–Trinajstić information content (AvgIpc) is 3.29. The lowest BCUT2D eigenvalue weighted by Gasteiger charge is -2.24. The first kappa shape index (κ1) is 28.3. The average molecular weight is 571 g/mol. The summed E-state index contributed by atoms with van der Waals surface area (Å²) in [4.78, 5) is 28.5. The second-order valence-corrected chi connectivity index (χ2v) is 11.3. The molecule has 0 bridgehead atoms. The lowest BCUT2D eigenvalue weighted by molar-refractivity contribution is -0.123. The number of thioether (sulfide) groups is 1. The molecule has 0 spiro atoms. The summed E-state index contributed by atoms with van der Waals surface area (Å²) in [7, 11) is 3.21. The highest BCUT2D eigenvalue weighted by molar-refractivity contribution is 8.00. The van der Waals surface area contributed by atoms with E-state index in [1.54, 1.807) is 19.1 Å². The number of carbonyl (C=O) groups excluding carboxylic acids is 2. The Morgan fingerprint density at radius 1 is 1.02 bits per heavy atom. The predicted octanol–water partition coefficient (Wildman–Crippen LogP) is 5.56. The van der Waals surface area contributed by atoms with E-state index in [1.165, 1.54) is 11.8 Å². The number of benzene rings is 3. The van der Waals surface area contributed by atoms with Crippen LogP contribution in [-0.4, -0.2) is 54.2 Å². The Morgan fingerprint density at radius 2 is 1.78 bits per heavy atom. The van der Waals surface area contributed by atoms with Gasteiger partial charge in [-0.25, -0.2) is 4.68 Å². The first-order chi connectivity index (χ1) is 19.8. The molecule has 3 aromatic carbocycles. The van der Waals surface area contributed by atoms with Gasteiger partial charge < -0.3 is 14.8 Å². The highest BCUT2D eigenvalue weighted by atomic mass is 32.2. The summed E-state index contributed by atoms with van der Waals surface area (Å²) in [6.07, 6.45) is 0. The van der Waals surface area contributed by atoms with Crippen molar-refractivity contribution in [2.45, 2.75) is 32.1 Å². The monoisotopic (exact) mass is 570 g/mol. The number of carbonyl (C=O) groups is 2. The number of ether oxygens (including phenoxy) is 2. The van der Waals surface area contributed by atoms with Crippen molar-refractivity contribution in [3.05, 3.63) is 89.5 Å². The fourth-order valence-electron chi connectivity index (χ4n) is 5.06. The summed E-state index contributed by atoms with van der Waals surface area (Å²) < 4.78 is 12.9. The van der Waals surface area contributed by atoms with E-state index in [0.717, 1.165) is 33.6 Å². The number of methoxy groups -OCH3 is 2. The van der Waals surface area contributed by atoms with Gasteiger partial charge in [-0.2, -0.15) is 5.10 Å². The molecule has 0 saturated heterocycles. The van der Waals surface area contributed by atoms with Crippen LogP contribution < -0.4 is 19.7 Å². The quantitative estimate of drug-likeness (QED) is 0.299. The highest BCUT2D eigenvalue weighted by Gasteiger charge is 2.38. The van der Waals surface area contributed by atoms with E-state index in [4.69, 9.17) is 14.6 Å². The fraction of sp³-hybridized carbons (Fsp3) is 0.281. The molecule has 1 aliphatic rings. The third-order valence-corrected chi connectivity index (χ3v) is 8.10. The Kier molecular flexibility index (Phi) is 8.35. The second kappa shape index (κ2) is 12.1. The van der Waals surface area contributed by atoms with Crippen molar-refractivity contribution in [2.24, 2.45) is 0 Å². The molecular formula is C32H34N4O4S. The lowest BCUT2D eigenvalue weighted by atomic mass is 9.99. The van der Waals surface area contributed by atoms with Crippen molar-refractivity contribution in [1.29, 1.82) is 0 Å². The molecule has 9 heteroatoms. The molecule has 1 aliphatic heterocycles. The minimum atomic E-state index is -0.277. The van der Waals surface area contributed by atoms with Crippen molar-refractivity contribution in [3.8, 4) is 28.4 Å². The van der Waals surface area contributed by atoms with Crippen LogP contribution in [0.15, 0.2) is 72.8 Å². The van der Waals surface area contributed by atoms with E-state index in [0.29, 0.717) is 17.3 Å². The second-order valence-electron chi connectivity index (χ2n) is 10.2. The van der Waals surface area contributed by atoms with Crippen LogP contribution in [0.3, 0.4) is 0 Å². The van der Waals surface area contributed by atoms with Crippen LogP contribution in [0.2, 0.25) is 0 Å². The zero-order valence-electron chi connectivity index (χ0n) is 23.9. The zero-order valence-corrected chi connectivity index (χ0v) is 24.7. The van der Waals surface area contributed by atoms with E-state index in [2.05, 4.69) is 5.32 Å². The molecular weight excluding hydrogens is 536 g/mol. The van der Waals surface area contributed by atoms with Crippen LogP contribution in [0.4, 0.5) is 5.82 Å². The molecule has 2 amide bonds. The van der Waals surface area contributed by atoms with Crippen LogP contribution in [0.25, 0.3) is 16.9 Å². The third kappa shape index (κ3) is 5.81. The number of hydrogen-bond acceptors (Lipinski definition) is 6. The van der Waals surface area contributed by atoms with Gasteiger partial charge in [0.05, 0.1) is 36.6 Å². The molecule has 1 N–H and O–H groups in total. The van der Waals surface area contributed by atoms with Gasteiger partial charge in [0.1, 0.15) is 12.4 Å². The fourth-order valence-corrected chi connectivity index (χ4v) is 6.25. The van der Waals surface area contributed by atoms with Gasteiger partial charge in [-0.3, -0.25) is 14.5 Å². The van der Waals surface area contributed by atoms with Crippen molar-refractivity contribution in [3.63, 3.8) is 0 Å². The third-order valence-electron chi connectivity index (χ3n) is 6.84. The van der Waals surface area contributed by atoms with Gasteiger partial charge in [0.2, 0.25) is 11.8 Å². The number of aromatic nitrogens is 2. The van der Waals surface area contributed by atoms with Crippen molar-refractivity contribution in [1.82, 2.24) is 15.1 Å². The standard InChI is InChI=1S/C32H34N4O4S/c1-20(2)33-27(37)18-35-28(38)19-41-31(23-14-15-25(39-4)26(17-23)40-5)29-30(22-11-7-6-8-12-22)34-36(32(29)35)24-13-9-10-21(3)16-24/h6-17,20,31H,18-19H2,1-5H3,(H,33,37). The number of fused-ring (bicyclic) bond motifs is 1. The number of hydrogen-bond donors (Lipinski definition) is 1. The Balaban J connectivity index is 1.81. The largest absolute Gasteiger partial charge is 0.493 e. The maximum absolute atomic E-state index is 13.8. The molecule has 0 aliphatic carbocycles.